The normalized spacial score (nSPS) is 11.1. The highest BCUT2D eigenvalue weighted by Gasteiger charge is 2.23. The largest absolute Gasteiger partial charge is 0.497 e. The Bertz CT molecular complexity index is 902. The van der Waals surface area contributed by atoms with Gasteiger partial charge in [0.2, 0.25) is 15.9 Å². The van der Waals surface area contributed by atoms with Gasteiger partial charge in [-0.3, -0.25) is 9.10 Å². The molecule has 0 heterocycles. The average Bonchev–Trinajstić information content (AvgIpc) is 2.60. The van der Waals surface area contributed by atoms with Crippen molar-refractivity contribution >= 4 is 44.8 Å². The van der Waals surface area contributed by atoms with Crippen molar-refractivity contribution in [2.24, 2.45) is 0 Å². The Hall–Kier alpha value is -1.96. The minimum atomic E-state index is -3.70. The van der Waals surface area contributed by atoms with Gasteiger partial charge in [-0.05, 0) is 42.3 Å². The lowest BCUT2D eigenvalue weighted by Gasteiger charge is -2.23. The third-order valence-electron chi connectivity index (χ3n) is 3.76. The fraction of sp³-hybridized carbons (Fsp3) is 0.278. The summed E-state index contributed by atoms with van der Waals surface area (Å²) in [5, 5.41) is 3.25. The summed E-state index contributed by atoms with van der Waals surface area (Å²) >= 11 is 11.9. The lowest BCUT2D eigenvalue weighted by atomic mass is 10.1. The molecule has 1 N–H and O–H groups in total. The summed E-state index contributed by atoms with van der Waals surface area (Å²) in [5.74, 6) is 0.325. The lowest BCUT2D eigenvalue weighted by Crippen LogP contribution is -2.41. The average molecular weight is 431 g/mol. The SMILES string of the molecule is COc1ccc(CCNC(=O)CN(c2ccc(Cl)cc2Cl)S(C)(=O)=O)cc1. The van der Waals surface area contributed by atoms with Crippen LogP contribution in [-0.4, -0.2) is 40.8 Å². The van der Waals surface area contributed by atoms with E-state index in [0.29, 0.717) is 18.0 Å². The zero-order valence-corrected chi connectivity index (χ0v) is 17.2. The molecule has 0 aromatic heterocycles. The van der Waals surface area contributed by atoms with Crippen molar-refractivity contribution in [1.29, 1.82) is 0 Å². The maximum atomic E-state index is 12.2. The maximum Gasteiger partial charge on any atom is 0.240 e. The van der Waals surface area contributed by atoms with E-state index in [4.69, 9.17) is 27.9 Å². The van der Waals surface area contributed by atoms with Gasteiger partial charge in [0.15, 0.2) is 0 Å². The minimum absolute atomic E-state index is 0.152. The molecule has 0 atom stereocenters. The van der Waals surface area contributed by atoms with Gasteiger partial charge in [0, 0.05) is 11.6 Å². The second-order valence-electron chi connectivity index (χ2n) is 5.81. The number of amides is 1. The lowest BCUT2D eigenvalue weighted by molar-refractivity contribution is -0.119. The van der Waals surface area contributed by atoms with E-state index in [1.54, 1.807) is 7.11 Å². The Kier molecular flexibility index (Phi) is 7.35. The minimum Gasteiger partial charge on any atom is -0.497 e. The number of anilines is 1. The van der Waals surface area contributed by atoms with Crippen LogP contribution >= 0.6 is 23.2 Å². The number of carbonyl (C=O) groups is 1. The molecule has 146 valence electrons. The van der Waals surface area contributed by atoms with Crippen LogP contribution in [0.1, 0.15) is 5.56 Å². The van der Waals surface area contributed by atoms with Gasteiger partial charge in [-0.1, -0.05) is 35.3 Å². The Morgan fingerprint density at radius 1 is 1.15 bits per heavy atom. The van der Waals surface area contributed by atoms with Gasteiger partial charge in [0.25, 0.3) is 0 Å². The monoisotopic (exact) mass is 430 g/mol. The number of sulfonamides is 1. The van der Waals surface area contributed by atoms with Gasteiger partial charge in [0.05, 0.1) is 24.1 Å². The van der Waals surface area contributed by atoms with E-state index in [2.05, 4.69) is 5.32 Å². The van der Waals surface area contributed by atoms with Gasteiger partial charge in [-0.15, -0.1) is 0 Å². The topological polar surface area (TPSA) is 75.7 Å². The molecule has 0 fully saturated rings. The smallest absolute Gasteiger partial charge is 0.240 e. The second kappa shape index (κ2) is 9.30. The summed E-state index contributed by atoms with van der Waals surface area (Å²) in [6, 6.07) is 11.9. The Morgan fingerprint density at radius 2 is 1.81 bits per heavy atom. The number of nitrogens with zero attached hydrogens (tertiary/aromatic N) is 1. The number of halogens is 2. The quantitative estimate of drug-likeness (QED) is 0.697. The first kappa shape index (κ1) is 21.3. The van der Waals surface area contributed by atoms with Crippen molar-refractivity contribution in [3.05, 3.63) is 58.1 Å². The Morgan fingerprint density at radius 3 is 2.37 bits per heavy atom. The number of methoxy groups -OCH3 is 1. The molecule has 0 aliphatic rings. The van der Waals surface area contributed by atoms with E-state index in [9.17, 15) is 13.2 Å². The van der Waals surface area contributed by atoms with Gasteiger partial charge < -0.3 is 10.1 Å². The van der Waals surface area contributed by atoms with E-state index < -0.39 is 15.9 Å². The molecule has 1 amide bonds. The first-order chi connectivity index (χ1) is 12.7. The molecule has 2 aromatic rings. The van der Waals surface area contributed by atoms with Crippen LogP contribution < -0.4 is 14.4 Å². The maximum absolute atomic E-state index is 12.2. The second-order valence-corrected chi connectivity index (χ2v) is 8.56. The van der Waals surface area contributed by atoms with Crippen LogP contribution in [0.2, 0.25) is 10.0 Å². The first-order valence-electron chi connectivity index (χ1n) is 8.03. The summed E-state index contributed by atoms with van der Waals surface area (Å²) in [4.78, 5) is 12.2. The summed E-state index contributed by atoms with van der Waals surface area (Å²) in [6.45, 7) is -0.0000870. The molecule has 0 saturated carbocycles. The van der Waals surface area contributed by atoms with Crippen molar-refractivity contribution in [1.82, 2.24) is 5.32 Å². The molecule has 6 nitrogen and oxygen atoms in total. The van der Waals surface area contributed by atoms with Crippen LogP contribution in [0.3, 0.4) is 0 Å². The molecule has 2 rings (SSSR count). The number of carbonyl (C=O) groups excluding carboxylic acids is 1. The van der Waals surface area contributed by atoms with E-state index in [1.165, 1.54) is 18.2 Å². The summed E-state index contributed by atoms with van der Waals surface area (Å²) in [5.41, 5.74) is 1.23. The molecular weight excluding hydrogens is 411 g/mol. The Labute approximate surface area is 169 Å². The fourth-order valence-electron chi connectivity index (χ4n) is 2.39. The third-order valence-corrected chi connectivity index (χ3v) is 5.43. The van der Waals surface area contributed by atoms with E-state index in [-0.39, 0.29) is 17.3 Å². The fourth-order valence-corrected chi connectivity index (χ4v) is 3.82. The number of rotatable bonds is 8. The number of hydrogen-bond donors (Lipinski definition) is 1. The predicted molar refractivity (Wildman–Crippen MR) is 108 cm³/mol. The van der Waals surface area contributed by atoms with Crippen molar-refractivity contribution in [3.63, 3.8) is 0 Å². The van der Waals surface area contributed by atoms with Crippen LogP contribution in [-0.2, 0) is 21.2 Å². The number of ether oxygens (including phenoxy) is 1. The number of hydrogen-bond acceptors (Lipinski definition) is 4. The molecule has 0 bridgehead atoms. The predicted octanol–water partition coefficient (Wildman–Crippen LogP) is 3.13. The third kappa shape index (κ3) is 6.30. The van der Waals surface area contributed by atoms with Crippen LogP contribution in [0, 0.1) is 0 Å². The summed E-state index contributed by atoms with van der Waals surface area (Å²) in [7, 11) is -2.11. The van der Waals surface area contributed by atoms with Gasteiger partial charge in [0.1, 0.15) is 12.3 Å². The van der Waals surface area contributed by atoms with Crippen molar-refractivity contribution in [3.8, 4) is 5.75 Å². The van der Waals surface area contributed by atoms with Crippen molar-refractivity contribution in [2.45, 2.75) is 6.42 Å². The molecule has 0 spiro atoms. The molecule has 9 heteroatoms. The van der Waals surface area contributed by atoms with Gasteiger partial charge >= 0.3 is 0 Å². The number of nitrogens with one attached hydrogen (secondary N) is 1. The van der Waals surface area contributed by atoms with E-state index in [0.717, 1.165) is 21.9 Å². The first-order valence-corrected chi connectivity index (χ1v) is 10.6. The highest BCUT2D eigenvalue weighted by molar-refractivity contribution is 7.92. The summed E-state index contributed by atoms with van der Waals surface area (Å²) in [6.07, 6.45) is 1.62. The molecule has 2 aromatic carbocycles. The molecule has 27 heavy (non-hydrogen) atoms. The van der Waals surface area contributed by atoms with Crippen molar-refractivity contribution < 1.29 is 17.9 Å². The Balaban J connectivity index is 1.99. The van der Waals surface area contributed by atoms with E-state index in [1.807, 2.05) is 24.3 Å². The zero-order valence-electron chi connectivity index (χ0n) is 14.9. The zero-order chi connectivity index (χ0) is 20.0. The van der Waals surface area contributed by atoms with Crippen LogP contribution in [0.25, 0.3) is 0 Å². The molecular formula is C18H20Cl2N2O4S. The standard InChI is InChI=1S/C18H20Cl2N2O4S/c1-26-15-6-3-13(4-7-15)9-10-21-18(23)12-22(27(2,24)25)17-8-5-14(19)11-16(17)20/h3-8,11H,9-10,12H2,1-2H3,(H,21,23). The summed E-state index contributed by atoms with van der Waals surface area (Å²) < 4.78 is 30.3. The molecule has 0 radical (unpaired) electrons. The van der Waals surface area contributed by atoms with E-state index >= 15 is 0 Å². The highest BCUT2D eigenvalue weighted by atomic mass is 35.5. The molecule has 0 aliphatic heterocycles. The molecule has 0 aliphatic carbocycles. The molecule has 0 saturated heterocycles. The van der Waals surface area contributed by atoms with Crippen molar-refractivity contribution in [2.75, 3.05) is 30.8 Å². The number of benzene rings is 2. The van der Waals surface area contributed by atoms with Gasteiger partial charge in [-0.25, -0.2) is 8.42 Å². The molecule has 0 unspecified atom stereocenters. The van der Waals surface area contributed by atoms with Crippen LogP contribution in [0.15, 0.2) is 42.5 Å². The highest BCUT2D eigenvalue weighted by Crippen LogP contribution is 2.30. The van der Waals surface area contributed by atoms with Crippen LogP contribution in [0.5, 0.6) is 5.75 Å². The van der Waals surface area contributed by atoms with Crippen LogP contribution in [0.4, 0.5) is 5.69 Å². The van der Waals surface area contributed by atoms with Gasteiger partial charge in [-0.2, -0.15) is 0 Å².